The molecule has 14 nitrogen and oxygen atoms in total. The van der Waals surface area contributed by atoms with Crippen LogP contribution in [0.1, 0.15) is 33.4 Å². The molecular weight excluding hydrogens is 576 g/mol. The van der Waals surface area contributed by atoms with Gasteiger partial charge in [0.2, 0.25) is 5.75 Å². The molecule has 0 aromatic heterocycles. The molecule has 2 N–H and O–H groups in total. The summed E-state index contributed by atoms with van der Waals surface area (Å²) in [6, 6.07) is 15.6. The van der Waals surface area contributed by atoms with Gasteiger partial charge >= 0.3 is 5.69 Å². The molecule has 0 saturated carbocycles. The predicted molar refractivity (Wildman–Crippen MR) is 160 cm³/mol. The Kier molecular flexibility index (Phi) is 10.5. The van der Waals surface area contributed by atoms with E-state index in [1.165, 1.54) is 30.3 Å². The van der Waals surface area contributed by atoms with Gasteiger partial charge in [0.15, 0.2) is 5.75 Å². The van der Waals surface area contributed by atoms with Crippen LogP contribution >= 0.6 is 0 Å². The fourth-order valence-corrected chi connectivity index (χ4v) is 4.25. The first-order valence-corrected chi connectivity index (χ1v) is 13.0. The van der Waals surface area contributed by atoms with E-state index in [1.807, 2.05) is 13.8 Å². The van der Waals surface area contributed by atoms with E-state index in [-0.39, 0.29) is 22.8 Å². The highest BCUT2D eigenvalue weighted by atomic mass is 17.3. The quantitative estimate of drug-likeness (QED) is 0.111. The number of rotatable bonds is 9. The fraction of sp³-hybridized carbons (Fsp3) is 0.200. The zero-order valence-corrected chi connectivity index (χ0v) is 24.8. The van der Waals surface area contributed by atoms with Gasteiger partial charge in [-0.1, -0.05) is 11.1 Å². The van der Waals surface area contributed by atoms with Gasteiger partial charge in [-0.3, -0.25) is 30.3 Å². The Morgan fingerprint density at radius 1 is 0.545 bits per heavy atom. The second-order valence-corrected chi connectivity index (χ2v) is 9.86. The van der Waals surface area contributed by atoms with Crippen LogP contribution in [0.4, 0.5) is 17.1 Å². The van der Waals surface area contributed by atoms with E-state index >= 15 is 0 Å². The molecule has 0 bridgehead atoms. The molecule has 4 aromatic rings. The molecule has 44 heavy (non-hydrogen) atoms. The predicted octanol–water partition coefficient (Wildman–Crippen LogP) is 7.72. The van der Waals surface area contributed by atoms with Crippen LogP contribution in [0.15, 0.2) is 60.7 Å². The van der Waals surface area contributed by atoms with E-state index < -0.39 is 14.8 Å². The van der Waals surface area contributed by atoms with Gasteiger partial charge in [-0.2, -0.15) is 5.90 Å². The molecule has 0 atom stereocenters. The van der Waals surface area contributed by atoms with E-state index in [0.717, 1.165) is 16.7 Å². The first-order chi connectivity index (χ1) is 20.7. The van der Waals surface area contributed by atoms with Crippen molar-refractivity contribution in [1.82, 2.24) is 0 Å². The molecule has 14 heteroatoms. The number of nitrogens with two attached hydrogens (primary N) is 1. The Morgan fingerprint density at radius 3 is 1.50 bits per heavy atom. The molecule has 0 aliphatic heterocycles. The summed E-state index contributed by atoms with van der Waals surface area (Å²) in [5.41, 5.74) is 3.85. The molecule has 0 heterocycles. The van der Waals surface area contributed by atoms with Gasteiger partial charge in [0.1, 0.15) is 17.2 Å². The Morgan fingerprint density at radius 2 is 1.02 bits per heavy atom. The van der Waals surface area contributed by atoms with Crippen molar-refractivity contribution in [2.75, 3.05) is 0 Å². The minimum absolute atomic E-state index is 0.0255. The lowest BCUT2D eigenvalue weighted by atomic mass is 10.1. The van der Waals surface area contributed by atoms with Crippen LogP contribution in [0.3, 0.4) is 0 Å². The smallest absolute Gasteiger partial charge is 0.312 e. The number of benzene rings is 4. The molecule has 0 fully saturated rings. The van der Waals surface area contributed by atoms with E-state index in [4.69, 9.17) is 20.3 Å². The summed E-state index contributed by atoms with van der Waals surface area (Å²) in [6.07, 6.45) is 0. The highest BCUT2D eigenvalue weighted by Crippen LogP contribution is 2.37. The highest BCUT2D eigenvalue weighted by Gasteiger charge is 2.20. The number of hydrogen-bond donors (Lipinski definition) is 1. The first kappa shape index (κ1) is 32.9. The Balaban J connectivity index is 0.000000240. The average Bonchev–Trinajstić information content (AvgIpc) is 2.93. The van der Waals surface area contributed by atoms with Crippen LogP contribution in [0.25, 0.3) is 0 Å². The second-order valence-electron chi connectivity index (χ2n) is 9.86. The van der Waals surface area contributed by atoms with Gasteiger partial charge in [-0.05, 0) is 100 Å². The number of aryl methyl sites for hydroxylation is 6. The van der Waals surface area contributed by atoms with Crippen LogP contribution in [-0.4, -0.2) is 14.8 Å². The lowest BCUT2D eigenvalue weighted by molar-refractivity contribution is -0.385. The third-order valence-corrected chi connectivity index (χ3v) is 6.38. The minimum Gasteiger partial charge on any atom is -0.457 e. The maximum Gasteiger partial charge on any atom is 0.312 e. The first-order valence-electron chi connectivity index (χ1n) is 13.0. The minimum atomic E-state index is -0.506. The lowest BCUT2D eigenvalue weighted by Crippen LogP contribution is -2.04. The normalized spacial score (nSPS) is 10.3. The Labute approximate surface area is 251 Å². The summed E-state index contributed by atoms with van der Waals surface area (Å²) in [5, 5.41) is 32.8. The molecule has 0 aliphatic rings. The highest BCUT2D eigenvalue weighted by molar-refractivity contribution is 5.56. The number of hydrogen-bond acceptors (Lipinski definition) is 11. The summed E-state index contributed by atoms with van der Waals surface area (Å²) in [4.78, 5) is 40.4. The van der Waals surface area contributed by atoms with Crippen LogP contribution in [0.2, 0.25) is 0 Å². The van der Waals surface area contributed by atoms with Crippen molar-refractivity contribution in [2.24, 2.45) is 5.90 Å². The Bertz CT molecular complexity index is 1740. The third kappa shape index (κ3) is 8.02. The second kappa shape index (κ2) is 14.0. The number of ether oxygens (including phenoxy) is 2. The molecular formula is C30H30N4O10. The van der Waals surface area contributed by atoms with E-state index in [1.54, 1.807) is 58.0 Å². The van der Waals surface area contributed by atoms with Gasteiger partial charge < -0.3 is 14.4 Å². The van der Waals surface area contributed by atoms with Crippen molar-refractivity contribution in [2.45, 2.75) is 41.5 Å². The monoisotopic (exact) mass is 606 g/mol. The van der Waals surface area contributed by atoms with Crippen LogP contribution < -0.4 is 20.3 Å². The standard InChI is InChI=1S/C15H16N2O5.C15H14N2O5/c1-9-6-12(4-5-13(9)17(18)19)20-14-7-11(3)15(21-22-16)8-10(14)2;1-9-6-11(3)15(14(7-9)17(20)21)22-12-4-5-13(16(18)19)10(2)8-12/h4-8H,16H2,1-3H3;4-8H,1-3H3. The fourth-order valence-electron chi connectivity index (χ4n) is 4.25. The SMILES string of the molecule is Cc1cc(C)c(Oc2ccc([N+](=O)[O-])c(C)c2)c([N+](=O)[O-])c1.Cc1cc(Oc2ccc([N+](=O)[O-])c(C)c2)c(C)cc1OON. The van der Waals surface area contributed by atoms with Crippen molar-refractivity contribution in [1.29, 1.82) is 0 Å². The molecule has 230 valence electrons. The van der Waals surface area contributed by atoms with Gasteiger partial charge in [-0.25, -0.2) is 0 Å². The number of nitro groups is 3. The van der Waals surface area contributed by atoms with Gasteiger partial charge in [-0.15, -0.1) is 0 Å². The maximum absolute atomic E-state index is 11.2. The Hall–Kier alpha value is -5.60. The van der Waals surface area contributed by atoms with Crippen molar-refractivity contribution < 1.29 is 34.1 Å². The summed E-state index contributed by atoms with van der Waals surface area (Å²) >= 11 is 0. The molecule has 0 amide bonds. The molecule has 0 aliphatic carbocycles. The van der Waals surface area contributed by atoms with Crippen molar-refractivity contribution in [3.63, 3.8) is 0 Å². The summed E-state index contributed by atoms with van der Waals surface area (Å²) < 4.78 is 11.4. The molecule has 0 unspecified atom stereocenters. The molecule has 0 spiro atoms. The average molecular weight is 607 g/mol. The summed E-state index contributed by atoms with van der Waals surface area (Å²) in [7, 11) is 0. The number of nitrogens with zero attached hydrogens (tertiary/aromatic N) is 3. The van der Waals surface area contributed by atoms with E-state index in [9.17, 15) is 30.3 Å². The van der Waals surface area contributed by atoms with E-state index in [2.05, 4.69) is 4.99 Å². The van der Waals surface area contributed by atoms with Crippen molar-refractivity contribution >= 4 is 17.1 Å². The molecule has 0 radical (unpaired) electrons. The zero-order valence-electron chi connectivity index (χ0n) is 24.8. The summed E-state index contributed by atoms with van der Waals surface area (Å²) in [6.45, 7) is 10.4. The van der Waals surface area contributed by atoms with Crippen LogP contribution in [-0.2, 0) is 4.99 Å². The lowest BCUT2D eigenvalue weighted by Gasteiger charge is -2.12. The van der Waals surface area contributed by atoms with Crippen LogP contribution in [0.5, 0.6) is 28.7 Å². The molecule has 4 rings (SSSR count). The number of nitro benzene ring substituents is 3. The maximum atomic E-state index is 11.2. The third-order valence-electron chi connectivity index (χ3n) is 6.38. The zero-order chi connectivity index (χ0) is 32.7. The van der Waals surface area contributed by atoms with Gasteiger partial charge in [0.05, 0.1) is 14.8 Å². The van der Waals surface area contributed by atoms with Crippen molar-refractivity contribution in [3.8, 4) is 28.7 Å². The van der Waals surface area contributed by atoms with Crippen LogP contribution in [0, 0.1) is 71.9 Å². The largest absolute Gasteiger partial charge is 0.457 e. The van der Waals surface area contributed by atoms with E-state index in [0.29, 0.717) is 39.7 Å². The van der Waals surface area contributed by atoms with Crippen molar-refractivity contribution in [3.05, 3.63) is 124 Å². The summed E-state index contributed by atoms with van der Waals surface area (Å²) in [5.74, 6) is 6.98. The topological polar surface area (TPSA) is 192 Å². The van der Waals surface area contributed by atoms with Gasteiger partial charge in [0.25, 0.3) is 11.4 Å². The molecule has 4 aromatic carbocycles. The van der Waals surface area contributed by atoms with Gasteiger partial charge in [0, 0.05) is 29.3 Å². The molecule has 0 saturated heterocycles.